The largest absolute Gasteiger partial charge is 0.357 e. The third-order valence-corrected chi connectivity index (χ3v) is 5.89. The van der Waals surface area contributed by atoms with Crippen LogP contribution in [0, 0.1) is 6.92 Å². The highest BCUT2D eigenvalue weighted by molar-refractivity contribution is 6.03. The number of nitrogens with one attached hydrogen (secondary N) is 2. The van der Waals surface area contributed by atoms with Gasteiger partial charge in [-0.25, -0.2) is 19.9 Å². The van der Waals surface area contributed by atoms with E-state index in [-0.39, 0.29) is 5.41 Å². The molecule has 0 aliphatic heterocycles. The number of rotatable bonds is 4. The molecular formula is C26H28N8. The number of hydrogen-bond donors (Lipinski definition) is 2. The maximum absolute atomic E-state index is 4.79. The standard InChI is InChI=1S/C26H28N8/c1-15-7-9-19-22(21(15)16-8-10-20-17(11-16)12-30-25(27-5)32-20)34(6)33-23(19)31-18-13-28-24(29-14-18)26(2,3)4/h7-14H,1-6H3,(H,31,33)(H,27,30,32). The highest BCUT2D eigenvalue weighted by Crippen LogP contribution is 2.36. The van der Waals surface area contributed by atoms with Crippen molar-refractivity contribution in [3.63, 3.8) is 0 Å². The lowest BCUT2D eigenvalue weighted by Gasteiger charge is -2.16. The van der Waals surface area contributed by atoms with Crippen LogP contribution in [0.1, 0.15) is 32.2 Å². The summed E-state index contributed by atoms with van der Waals surface area (Å²) in [5, 5.41) is 13.2. The summed E-state index contributed by atoms with van der Waals surface area (Å²) in [6.07, 6.45) is 5.47. The van der Waals surface area contributed by atoms with Crippen LogP contribution in [0.3, 0.4) is 0 Å². The fourth-order valence-electron chi connectivity index (χ4n) is 4.16. The third-order valence-electron chi connectivity index (χ3n) is 5.89. The van der Waals surface area contributed by atoms with Crippen LogP contribution in [0.15, 0.2) is 48.9 Å². The number of aromatic nitrogens is 6. The number of anilines is 3. The molecule has 0 fully saturated rings. The van der Waals surface area contributed by atoms with Gasteiger partial charge in [-0.1, -0.05) is 32.9 Å². The van der Waals surface area contributed by atoms with E-state index in [9.17, 15) is 0 Å². The lowest BCUT2D eigenvalue weighted by atomic mass is 9.96. The molecule has 0 aliphatic rings. The van der Waals surface area contributed by atoms with Crippen molar-refractivity contribution in [3.05, 3.63) is 60.3 Å². The van der Waals surface area contributed by atoms with Crippen molar-refractivity contribution in [3.8, 4) is 11.1 Å². The molecule has 34 heavy (non-hydrogen) atoms. The monoisotopic (exact) mass is 452 g/mol. The molecule has 3 heterocycles. The molecule has 0 radical (unpaired) electrons. The average Bonchev–Trinajstić information content (AvgIpc) is 3.13. The van der Waals surface area contributed by atoms with Gasteiger partial charge in [0.2, 0.25) is 5.95 Å². The molecule has 0 spiro atoms. The normalized spacial score (nSPS) is 11.8. The Bertz CT molecular complexity index is 1510. The molecule has 5 rings (SSSR count). The second-order valence-electron chi connectivity index (χ2n) is 9.51. The number of nitrogens with zero attached hydrogens (tertiary/aromatic N) is 6. The van der Waals surface area contributed by atoms with Gasteiger partial charge >= 0.3 is 0 Å². The van der Waals surface area contributed by atoms with E-state index in [1.807, 2.05) is 43.4 Å². The zero-order valence-electron chi connectivity index (χ0n) is 20.3. The van der Waals surface area contributed by atoms with E-state index in [0.717, 1.165) is 50.3 Å². The maximum atomic E-state index is 4.79. The van der Waals surface area contributed by atoms with Crippen LogP contribution < -0.4 is 10.6 Å². The molecule has 8 nitrogen and oxygen atoms in total. The van der Waals surface area contributed by atoms with Gasteiger partial charge in [-0.15, -0.1) is 0 Å². The first-order valence-electron chi connectivity index (χ1n) is 11.3. The van der Waals surface area contributed by atoms with Gasteiger partial charge < -0.3 is 10.6 Å². The van der Waals surface area contributed by atoms with Gasteiger partial charge in [0.1, 0.15) is 5.82 Å². The molecule has 172 valence electrons. The summed E-state index contributed by atoms with van der Waals surface area (Å²) in [4.78, 5) is 18.0. The van der Waals surface area contributed by atoms with Gasteiger partial charge in [0.05, 0.1) is 29.1 Å². The van der Waals surface area contributed by atoms with Gasteiger partial charge in [-0.2, -0.15) is 5.10 Å². The highest BCUT2D eigenvalue weighted by Gasteiger charge is 2.19. The molecule has 0 amide bonds. The van der Waals surface area contributed by atoms with E-state index in [0.29, 0.717) is 5.95 Å². The third kappa shape index (κ3) is 3.81. The van der Waals surface area contributed by atoms with Crippen LogP contribution in [0.25, 0.3) is 32.9 Å². The molecule has 0 saturated heterocycles. The fraction of sp³-hybridized carbons (Fsp3) is 0.269. The SMILES string of the molecule is CNc1ncc2cc(-c3c(C)ccc4c(Nc5cnc(C(C)(C)C)nc5)nn(C)c34)ccc2n1. The van der Waals surface area contributed by atoms with E-state index in [4.69, 9.17) is 5.10 Å². The molecule has 0 bridgehead atoms. The van der Waals surface area contributed by atoms with Crippen molar-refractivity contribution in [2.24, 2.45) is 7.05 Å². The molecule has 2 aromatic carbocycles. The summed E-state index contributed by atoms with van der Waals surface area (Å²) in [6.45, 7) is 8.43. The first kappa shape index (κ1) is 21.8. The van der Waals surface area contributed by atoms with E-state index in [2.05, 4.69) is 82.5 Å². The minimum atomic E-state index is -0.0951. The number of hydrogen-bond acceptors (Lipinski definition) is 7. The second-order valence-corrected chi connectivity index (χ2v) is 9.51. The minimum absolute atomic E-state index is 0.0951. The van der Waals surface area contributed by atoms with E-state index in [1.165, 1.54) is 5.56 Å². The number of fused-ring (bicyclic) bond motifs is 2. The summed E-state index contributed by atoms with van der Waals surface area (Å²) in [5.41, 5.74) is 6.08. The molecule has 3 aromatic heterocycles. The Balaban J connectivity index is 1.58. The topological polar surface area (TPSA) is 93.4 Å². The quantitative estimate of drug-likeness (QED) is 0.379. The zero-order valence-corrected chi connectivity index (χ0v) is 20.3. The lowest BCUT2D eigenvalue weighted by Crippen LogP contribution is -2.15. The van der Waals surface area contributed by atoms with E-state index in [1.54, 1.807) is 0 Å². The number of aryl methyl sites for hydroxylation is 2. The first-order valence-corrected chi connectivity index (χ1v) is 11.3. The second kappa shape index (κ2) is 8.06. The predicted octanol–water partition coefficient (Wildman–Crippen LogP) is 5.36. The highest BCUT2D eigenvalue weighted by atomic mass is 15.3. The summed E-state index contributed by atoms with van der Waals surface area (Å²) < 4.78 is 1.93. The smallest absolute Gasteiger partial charge is 0.222 e. The molecule has 0 aliphatic carbocycles. The average molecular weight is 453 g/mol. The zero-order chi connectivity index (χ0) is 24.0. The Kier molecular flexibility index (Phi) is 5.16. The van der Waals surface area contributed by atoms with Crippen molar-refractivity contribution < 1.29 is 0 Å². The van der Waals surface area contributed by atoms with E-state index < -0.39 is 0 Å². The molecule has 5 aromatic rings. The minimum Gasteiger partial charge on any atom is -0.357 e. The summed E-state index contributed by atoms with van der Waals surface area (Å²) in [5.74, 6) is 2.19. The van der Waals surface area contributed by atoms with Gasteiger partial charge in [-0.05, 0) is 36.2 Å². The van der Waals surface area contributed by atoms with Crippen LogP contribution in [0.2, 0.25) is 0 Å². The van der Waals surface area contributed by atoms with Crippen molar-refractivity contribution in [1.29, 1.82) is 0 Å². The Hall–Kier alpha value is -4.07. The van der Waals surface area contributed by atoms with Crippen LogP contribution in [-0.4, -0.2) is 36.8 Å². The number of benzene rings is 2. The van der Waals surface area contributed by atoms with Crippen LogP contribution in [-0.2, 0) is 12.5 Å². The van der Waals surface area contributed by atoms with Crippen molar-refractivity contribution in [2.75, 3.05) is 17.7 Å². The van der Waals surface area contributed by atoms with Gasteiger partial charge in [0.15, 0.2) is 5.82 Å². The Morgan fingerprint density at radius 2 is 1.71 bits per heavy atom. The van der Waals surface area contributed by atoms with Crippen molar-refractivity contribution in [2.45, 2.75) is 33.1 Å². The molecule has 8 heteroatoms. The van der Waals surface area contributed by atoms with Crippen molar-refractivity contribution in [1.82, 2.24) is 29.7 Å². The molecule has 0 saturated carbocycles. The van der Waals surface area contributed by atoms with Crippen molar-refractivity contribution >= 4 is 39.3 Å². The molecular weight excluding hydrogens is 424 g/mol. The van der Waals surface area contributed by atoms with Gasteiger partial charge in [0.25, 0.3) is 0 Å². The maximum Gasteiger partial charge on any atom is 0.222 e. The van der Waals surface area contributed by atoms with Crippen LogP contribution >= 0.6 is 0 Å². The van der Waals surface area contributed by atoms with E-state index >= 15 is 0 Å². The Morgan fingerprint density at radius 3 is 2.41 bits per heavy atom. The van der Waals surface area contributed by atoms with Crippen LogP contribution in [0.4, 0.5) is 17.5 Å². The Labute approximate surface area is 198 Å². The van der Waals surface area contributed by atoms with Gasteiger partial charge in [0, 0.05) is 42.0 Å². The lowest BCUT2D eigenvalue weighted by molar-refractivity contribution is 0.545. The summed E-state index contributed by atoms with van der Waals surface area (Å²) in [6, 6.07) is 10.5. The molecule has 2 N–H and O–H groups in total. The summed E-state index contributed by atoms with van der Waals surface area (Å²) >= 11 is 0. The Morgan fingerprint density at radius 1 is 0.941 bits per heavy atom. The molecule has 0 unspecified atom stereocenters. The van der Waals surface area contributed by atoms with Gasteiger partial charge in [-0.3, -0.25) is 4.68 Å². The first-order chi connectivity index (χ1) is 16.2. The summed E-state index contributed by atoms with van der Waals surface area (Å²) in [7, 11) is 3.79. The predicted molar refractivity (Wildman–Crippen MR) is 138 cm³/mol. The fourth-order valence-corrected chi connectivity index (χ4v) is 4.16. The van der Waals surface area contributed by atoms with Crippen LogP contribution in [0.5, 0.6) is 0 Å². The molecule has 0 atom stereocenters.